The molecule has 1 heterocycles. The van der Waals surface area contributed by atoms with Gasteiger partial charge in [0.2, 0.25) is 0 Å². The molecule has 8 heteroatoms. The molecule has 6 nitrogen and oxygen atoms in total. The highest BCUT2D eigenvalue weighted by Crippen LogP contribution is 2.48. The first-order valence-corrected chi connectivity index (χ1v) is 15.9. The molecule has 0 aliphatic heterocycles. The number of carbonyl (C=O) groups is 1. The van der Waals surface area contributed by atoms with Crippen molar-refractivity contribution in [1.29, 1.82) is 0 Å². The zero-order valence-electron chi connectivity index (χ0n) is 27.8. The van der Waals surface area contributed by atoms with Gasteiger partial charge in [-0.2, -0.15) is 0 Å². The Morgan fingerprint density at radius 1 is 0.735 bits per heavy atom. The Morgan fingerprint density at radius 2 is 1.37 bits per heavy atom. The minimum absolute atomic E-state index is 0.150. The summed E-state index contributed by atoms with van der Waals surface area (Å²) in [5, 5.41) is 0.641. The molecule has 49 heavy (non-hydrogen) atoms. The number of aromatic nitrogens is 1. The molecule has 1 aromatic heterocycles. The van der Waals surface area contributed by atoms with E-state index in [4.69, 9.17) is 18.9 Å². The number of rotatable bonds is 12. The molecule has 0 spiro atoms. The van der Waals surface area contributed by atoms with E-state index in [0.29, 0.717) is 34.5 Å². The summed E-state index contributed by atoms with van der Waals surface area (Å²) in [6.07, 6.45) is 0. The van der Waals surface area contributed by atoms with Crippen molar-refractivity contribution in [2.75, 3.05) is 20.8 Å². The van der Waals surface area contributed by atoms with E-state index in [9.17, 15) is 9.18 Å². The van der Waals surface area contributed by atoms with Gasteiger partial charge in [-0.15, -0.1) is 0 Å². The van der Waals surface area contributed by atoms with Gasteiger partial charge < -0.3 is 23.5 Å². The van der Waals surface area contributed by atoms with Crippen LogP contribution in [0.4, 0.5) is 8.78 Å². The second kappa shape index (κ2) is 14.3. The van der Waals surface area contributed by atoms with Gasteiger partial charge in [-0.05, 0) is 47.0 Å². The first-order chi connectivity index (χ1) is 23.7. The molecule has 0 aliphatic carbocycles. The first-order valence-electron chi connectivity index (χ1n) is 15.9. The normalized spacial score (nSPS) is 11.5. The highest BCUT2D eigenvalue weighted by Gasteiger charge is 2.34. The highest BCUT2D eigenvalue weighted by molar-refractivity contribution is 6.04. The smallest absolute Gasteiger partial charge is 0.338 e. The maximum atomic E-state index is 15.6. The summed E-state index contributed by atoms with van der Waals surface area (Å²) in [6, 6.07) is 33.3. The molecule has 0 saturated carbocycles. The number of hydrogen-bond donors (Lipinski definition) is 0. The standard InChI is InChI=1S/C41H37F2NO5/c1-41(2,26-46-3)39-37(29-15-17-30(18-16-29)40(45)49-25-28-13-9-6-10-14-28)38-34(44(39)33-20-19-31(42)22-35(33)47-4)21-32(43)23-36(38)48-24-27-11-7-5-8-12-27/h5-23H,24-26H2,1-4H3. The largest absolute Gasteiger partial charge is 0.494 e. The predicted molar refractivity (Wildman–Crippen MR) is 186 cm³/mol. The fourth-order valence-corrected chi connectivity index (χ4v) is 6.21. The SMILES string of the molecule is COCC(C)(C)c1c(-c2ccc(C(=O)OCc3ccccc3)cc2)c2c(OCc3ccccc3)cc(F)cc2n1-c1ccc(F)cc1OC. The van der Waals surface area contributed by atoms with Crippen molar-refractivity contribution < 1.29 is 32.5 Å². The summed E-state index contributed by atoms with van der Waals surface area (Å²) in [5.74, 6) is -0.833. The third kappa shape index (κ3) is 7.05. The first kappa shape index (κ1) is 33.4. The van der Waals surface area contributed by atoms with Gasteiger partial charge in [-0.25, -0.2) is 13.6 Å². The lowest BCUT2D eigenvalue weighted by Gasteiger charge is -2.28. The van der Waals surface area contributed by atoms with E-state index in [1.807, 2.05) is 91.2 Å². The van der Waals surface area contributed by atoms with E-state index in [1.165, 1.54) is 31.4 Å². The average Bonchev–Trinajstić information content (AvgIpc) is 3.46. The third-order valence-corrected chi connectivity index (χ3v) is 8.39. The Bertz CT molecular complexity index is 2070. The quantitative estimate of drug-likeness (QED) is 0.122. The Morgan fingerprint density at radius 3 is 2.00 bits per heavy atom. The summed E-state index contributed by atoms with van der Waals surface area (Å²) in [5.41, 5.74) is 4.76. The van der Waals surface area contributed by atoms with Gasteiger partial charge in [0.05, 0.1) is 35.9 Å². The van der Waals surface area contributed by atoms with Crippen LogP contribution in [-0.4, -0.2) is 31.4 Å². The minimum atomic E-state index is -0.678. The molecule has 0 fully saturated rings. The van der Waals surface area contributed by atoms with Crippen molar-refractivity contribution in [3.63, 3.8) is 0 Å². The molecule has 0 aliphatic rings. The molecule has 6 rings (SSSR count). The number of fused-ring (bicyclic) bond motifs is 1. The van der Waals surface area contributed by atoms with E-state index in [0.717, 1.165) is 27.9 Å². The summed E-state index contributed by atoms with van der Waals surface area (Å²) in [7, 11) is 3.09. The predicted octanol–water partition coefficient (Wildman–Crippen LogP) is 9.44. The van der Waals surface area contributed by atoms with E-state index in [2.05, 4.69) is 0 Å². The number of hydrogen-bond acceptors (Lipinski definition) is 5. The van der Waals surface area contributed by atoms with E-state index < -0.39 is 23.0 Å². The highest BCUT2D eigenvalue weighted by atomic mass is 19.1. The number of esters is 1. The Kier molecular flexibility index (Phi) is 9.78. The molecule has 0 atom stereocenters. The van der Waals surface area contributed by atoms with Gasteiger partial charge in [0.25, 0.3) is 0 Å². The molecule has 0 bridgehead atoms. The minimum Gasteiger partial charge on any atom is -0.494 e. The van der Waals surface area contributed by atoms with Crippen LogP contribution in [0, 0.1) is 11.6 Å². The second-order valence-electron chi connectivity index (χ2n) is 12.4. The van der Waals surface area contributed by atoms with Crippen LogP contribution in [0.5, 0.6) is 11.5 Å². The fraction of sp³-hybridized carbons (Fsp3) is 0.195. The van der Waals surface area contributed by atoms with E-state index in [1.54, 1.807) is 25.3 Å². The van der Waals surface area contributed by atoms with Crippen molar-refractivity contribution in [1.82, 2.24) is 4.57 Å². The number of halogens is 2. The zero-order chi connectivity index (χ0) is 34.5. The summed E-state index contributed by atoms with van der Waals surface area (Å²) < 4.78 is 55.4. The van der Waals surface area contributed by atoms with Gasteiger partial charge in [0.15, 0.2) is 0 Å². The topological polar surface area (TPSA) is 58.9 Å². The lowest BCUT2D eigenvalue weighted by Crippen LogP contribution is -2.27. The fourth-order valence-electron chi connectivity index (χ4n) is 6.21. The van der Waals surface area contributed by atoms with Crippen LogP contribution in [0.25, 0.3) is 27.7 Å². The molecule has 0 radical (unpaired) electrons. The Hall–Kier alpha value is -5.47. The second-order valence-corrected chi connectivity index (χ2v) is 12.4. The summed E-state index contributed by atoms with van der Waals surface area (Å²) >= 11 is 0. The van der Waals surface area contributed by atoms with Crippen LogP contribution in [0.3, 0.4) is 0 Å². The number of benzene rings is 5. The Balaban J connectivity index is 1.57. The van der Waals surface area contributed by atoms with Crippen LogP contribution < -0.4 is 9.47 Å². The van der Waals surface area contributed by atoms with E-state index in [-0.39, 0.29) is 19.0 Å². The molecule has 5 aromatic carbocycles. The lowest BCUT2D eigenvalue weighted by molar-refractivity contribution is 0.0472. The molecule has 6 aromatic rings. The molecular weight excluding hydrogens is 624 g/mol. The maximum absolute atomic E-state index is 15.6. The molecule has 0 N–H and O–H groups in total. The molecule has 0 amide bonds. The molecular formula is C41H37F2NO5. The van der Waals surface area contributed by atoms with E-state index >= 15 is 4.39 Å². The zero-order valence-corrected chi connectivity index (χ0v) is 27.8. The molecule has 0 saturated heterocycles. The van der Waals surface area contributed by atoms with Gasteiger partial charge >= 0.3 is 5.97 Å². The van der Waals surface area contributed by atoms with Crippen LogP contribution in [0.2, 0.25) is 0 Å². The number of carbonyl (C=O) groups excluding carboxylic acids is 1. The van der Waals surface area contributed by atoms with Crippen molar-refractivity contribution in [3.8, 4) is 28.3 Å². The summed E-state index contributed by atoms with van der Waals surface area (Å²) in [4.78, 5) is 13.0. The van der Waals surface area contributed by atoms with Gasteiger partial charge in [0, 0.05) is 35.9 Å². The Labute approximate surface area is 284 Å². The third-order valence-electron chi connectivity index (χ3n) is 8.39. The number of ether oxygens (including phenoxy) is 4. The average molecular weight is 662 g/mol. The number of nitrogens with zero attached hydrogens (tertiary/aromatic N) is 1. The van der Waals surface area contributed by atoms with Gasteiger partial charge in [-0.3, -0.25) is 0 Å². The van der Waals surface area contributed by atoms with Crippen LogP contribution in [-0.2, 0) is 28.1 Å². The van der Waals surface area contributed by atoms with Crippen LogP contribution in [0.15, 0.2) is 115 Å². The van der Waals surface area contributed by atoms with Gasteiger partial charge in [0.1, 0.15) is 36.3 Å². The van der Waals surface area contributed by atoms with Crippen molar-refractivity contribution in [2.24, 2.45) is 0 Å². The maximum Gasteiger partial charge on any atom is 0.338 e. The van der Waals surface area contributed by atoms with Crippen molar-refractivity contribution in [3.05, 3.63) is 149 Å². The number of methoxy groups -OCH3 is 2. The molecule has 0 unspecified atom stereocenters. The lowest BCUT2D eigenvalue weighted by atomic mass is 9.84. The molecule has 250 valence electrons. The van der Waals surface area contributed by atoms with Gasteiger partial charge in [-0.1, -0.05) is 86.6 Å². The monoisotopic (exact) mass is 661 g/mol. The van der Waals surface area contributed by atoms with Crippen molar-refractivity contribution >= 4 is 16.9 Å². The van der Waals surface area contributed by atoms with Crippen molar-refractivity contribution in [2.45, 2.75) is 32.5 Å². The van der Waals surface area contributed by atoms with Crippen LogP contribution in [0.1, 0.15) is 41.0 Å². The summed E-state index contributed by atoms with van der Waals surface area (Å²) in [6.45, 7) is 4.70. The van der Waals surface area contributed by atoms with Crippen LogP contribution >= 0.6 is 0 Å².